The third kappa shape index (κ3) is 2.66. The van der Waals surface area contributed by atoms with E-state index in [-0.39, 0.29) is 5.41 Å². The summed E-state index contributed by atoms with van der Waals surface area (Å²) in [5, 5.41) is 4.48. The molecule has 7 heteroatoms. The molecule has 7 nitrogen and oxygen atoms in total. The fourth-order valence-electron chi connectivity index (χ4n) is 4.15. The van der Waals surface area contributed by atoms with Gasteiger partial charge in [0.15, 0.2) is 5.82 Å². The largest absolute Gasteiger partial charge is 0.342 e. The highest BCUT2D eigenvalue weighted by Gasteiger charge is 2.48. The van der Waals surface area contributed by atoms with Crippen LogP contribution in [0, 0.1) is 5.41 Å². The van der Waals surface area contributed by atoms with Crippen LogP contribution in [0.5, 0.6) is 0 Å². The molecule has 24 heavy (non-hydrogen) atoms. The Bertz CT molecular complexity index is 709. The van der Waals surface area contributed by atoms with Crippen molar-refractivity contribution in [2.24, 2.45) is 5.41 Å². The second-order valence-corrected chi connectivity index (χ2v) is 7.03. The van der Waals surface area contributed by atoms with Crippen molar-refractivity contribution in [2.45, 2.75) is 39.2 Å². The lowest BCUT2D eigenvalue weighted by atomic mass is 9.78. The molecule has 2 saturated heterocycles. The van der Waals surface area contributed by atoms with Gasteiger partial charge in [-0.2, -0.15) is 4.98 Å². The second-order valence-electron chi connectivity index (χ2n) is 7.03. The maximum atomic E-state index is 12.9. The minimum absolute atomic E-state index is 0.176. The minimum atomic E-state index is -0.176. The molecule has 0 aliphatic carbocycles. The van der Waals surface area contributed by atoms with E-state index in [2.05, 4.69) is 31.8 Å². The van der Waals surface area contributed by atoms with E-state index in [0.717, 1.165) is 57.7 Å². The molecular formula is C17H24N6O. The van der Waals surface area contributed by atoms with E-state index in [9.17, 15) is 4.79 Å². The monoisotopic (exact) mass is 328 g/mol. The Labute approximate surface area is 141 Å². The molecule has 0 bridgehead atoms. The van der Waals surface area contributed by atoms with Crippen LogP contribution in [0.2, 0.25) is 0 Å². The van der Waals surface area contributed by atoms with Crippen molar-refractivity contribution in [3.05, 3.63) is 24.3 Å². The van der Waals surface area contributed by atoms with Gasteiger partial charge in [-0.1, -0.05) is 6.92 Å². The highest BCUT2D eigenvalue weighted by molar-refractivity contribution is 5.84. The lowest BCUT2D eigenvalue weighted by molar-refractivity contribution is -0.145. The van der Waals surface area contributed by atoms with Crippen LogP contribution in [0.3, 0.4) is 0 Å². The van der Waals surface area contributed by atoms with Gasteiger partial charge in [-0.05, 0) is 38.3 Å². The van der Waals surface area contributed by atoms with E-state index < -0.39 is 0 Å². The number of rotatable bonds is 4. The first-order valence-electron chi connectivity index (χ1n) is 8.88. The quantitative estimate of drug-likeness (QED) is 0.847. The molecule has 0 aromatic carbocycles. The van der Waals surface area contributed by atoms with Gasteiger partial charge >= 0.3 is 0 Å². The highest BCUT2D eigenvalue weighted by atomic mass is 16.2. The molecule has 0 radical (unpaired) electrons. The van der Waals surface area contributed by atoms with E-state index in [1.165, 1.54) is 0 Å². The van der Waals surface area contributed by atoms with Crippen LogP contribution < -0.4 is 0 Å². The van der Waals surface area contributed by atoms with Crippen LogP contribution in [0.1, 0.15) is 38.4 Å². The molecule has 128 valence electrons. The number of hydrogen-bond acceptors (Lipinski definition) is 5. The summed E-state index contributed by atoms with van der Waals surface area (Å²) in [6.07, 6.45) is 7.71. The number of aromatic nitrogens is 4. The number of nitrogens with zero attached hydrogens (tertiary/aromatic N) is 6. The lowest BCUT2D eigenvalue weighted by Crippen LogP contribution is -2.50. The zero-order valence-electron chi connectivity index (χ0n) is 14.2. The standard InChI is InChI=1S/C17H24N6O/c1-2-8-22-9-3-5-17(15(22)24)6-11-21(13-17)12-14-19-16-18-7-4-10-23(16)20-14/h4,7,10H,2-3,5-6,8-9,11-13H2,1H3. The summed E-state index contributed by atoms with van der Waals surface area (Å²) in [6.45, 7) is 6.41. The molecule has 0 N–H and O–H groups in total. The molecule has 2 fully saturated rings. The summed E-state index contributed by atoms with van der Waals surface area (Å²) in [5.41, 5.74) is -0.176. The van der Waals surface area contributed by atoms with Gasteiger partial charge < -0.3 is 4.90 Å². The van der Waals surface area contributed by atoms with Gasteiger partial charge in [0.25, 0.3) is 5.78 Å². The first-order chi connectivity index (χ1) is 11.7. The Morgan fingerprint density at radius 2 is 2.21 bits per heavy atom. The fraction of sp³-hybridized carbons (Fsp3) is 0.647. The SMILES string of the molecule is CCCN1CCCC2(CCN(Cc3nc4ncccn4n3)C2)C1=O. The zero-order valence-corrected chi connectivity index (χ0v) is 14.2. The number of hydrogen-bond donors (Lipinski definition) is 0. The number of likely N-dealkylation sites (tertiary alicyclic amines) is 2. The van der Waals surface area contributed by atoms with Gasteiger partial charge in [-0.3, -0.25) is 9.69 Å². The van der Waals surface area contributed by atoms with Gasteiger partial charge in [-0.25, -0.2) is 9.50 Å². The van der Waals surface area contributed by atoms with Crippen LogP contribution in [-0.4, -0.2) is 61.5 Å². The molecule has 4 heterocycles. The molecule has 1 atom stereocenters. The van der Waals surface area contributed by atoms with Crippen LogP contribution in [0.25, 0.3) is 5.78 Å². The minimum Gasteiger partial charge on any atom is -0.342 e. The van der Waals surface area contributed by atoms with Crippen molar-refractivity contribution in [2.75, 3.05) is 26.2 Å². The molecular weight excluding hydrogens is 304 g/mol. The van der Waals surface area contributed by atoms with Gasteiger partial charge in [0.1, 0.15) is 0 Å². The summed E-state index contributed by atoms with van der Waals surface area (Å²) in [4.78, 5) is 26.0. The van der Waals surface area contributed by atoms with Crippen LogP contribution in [0.4, 0.5) is 0 Å². The summed E-state index contributed by atoms with van der Waals surface area (Å²) >= 11 is 0. The predicted octanol–water partition coefficient (Wildman–Crippen LogP) is 1.35. The Morgan fingerprint density at radius 1 is 1.29 bits per heavy atom. The maximum absolute atomic E-state index is 12.9. The Balaban J connectivity index is 1.46. The molecule has 2 aliphatic heterocycles. The predicted molar refractivity (Wildman–Crippen MR) is 89.2 cm³/mol. The van der Waals surface area contributed by atoms with Gasteiger partial charge in [0.2, 0.25) is 5.91 Å². The fourth-order valence-corrected chi connectivity index (χ4v) is 4.15. The van der Waals surface area contributed by atoms with Crippen LogP contribution >= 0.6 is 0 Å². The average Bonchev–Trinajstić information content (AvgIpc) is 3.17. The number of carbonyl (C=O) groups is 1. The summed E-state index contributed by atoms with van der Waals surface area (Å²) < 4.78 is 1.70. The smallest absolute Gasteiger partial charge is 0.252 e. The van der Waals surface area contributed by atoms with Gasteiger partial charge in [0, 0.05) is 32.0 Å². The van der Waals surface area contributed by atoms with E-state index >= 15 is 0 Å². The lowest BCUT2D eigenvalue weighted by Gasteiger charge is -2.39. The summed E-state index contributed by atoms with van der Waals surface area (Å²) in [7, 11) is 0. The summed E-state index contributed by atoms with van der Waals surface area (Å²) in [5.74, 6) is 1.77. The molecule has 4 rings (SSSR count). The van der Waals surface area contributed by atoms with Crippen molar-refractivity contribution >= 4 is 11.7 Å². The van der Waals surface area contributed by atoms with Crippen molar-refractivity contribution in [1.29, 1.82) is 0 Å². The van der Waals surface area contributed by atoms with E-state index in [1.54, 1.807) is 10.7 Å². The topological polar surface area (TPSA) is 66.6 Å². The molecule has 1 unspecified atom stereocenters. The molecule has 0 saturated carbocycles. The first-order valence-corrected chi connectivity index (χ1v) is 8.88. The van der Waals surface area contributed by atoms with E-state index in [4.69, 9.17) is 0 Å². The highest BCUT2D eigenvalue weighted by Crippen LogP contribution is 2.40. The Kier molecular flexibility index (Phi) is 3.96. The molecule has 1 spiro atoms. The Morgan fingerprint density at radius 3 is 3.04 bits per heavy atom. The van der Waals surface area contributed by atoms with E-state index in [1.807, 2.05) is 12.3 Å². The van der Waals surface area contributed by atoms with Gasteiger partial charge in [0.05, 0.1) is 12.0 Å². The maximum Gasteiger partial charge on any atom is 0.252 e. The zero-order chi connectivity index (χ0) is 16.6. The molecule has 1 amide bonds. The third-order valence-corrected chi connectivity index (χ3v) is 5.28. The number of fused-ring (bicyclic) bond motifs is 1. The van der Waals surface area contributed by atoms with E-state index in [0.29, 0.717) is 18.2 Å². The molecule has 2 aliphatic rings. The van der Waals surface area contributed by atoms with Crippen LogP contribution in [-0.2, 0) is 11.3 Å². The van der Waals surface area contributed by atoms with Crippen molar-refractivity contribution in [3.8, 4) is 0 Å². The third-order valence-electron chi connectivity index (χ3n) is 5.28. The van der Waals surface area contributed by atoms with Gasteiger partial charge in [-0.15, -0.1) is 5.10 Å². The van der Waals surface area contributed by atoms with Crippen LogP contribution in [0.15, 0.2) is 18.5 Å². The molecule has 2 aromatic rings. The molecule has 2 aromatic heterocycles. The average molecular weight is 328 g/mol. The number of carbonyl (C=O) groups excluding carboxylic acids is 1. The first kappa shape index (κ1) is 15.5. The summed E-state index contributed by atoms with van der Waals surface area (Å²) in [6, 6.07) is 1.85. The Hall–Kier alpha value is -2.02. The number of amides is 1. The van der Waals surface area contributed by atoms with Crippen molar-refractivity contribution in [3.63, 3.8) is 0 Å². The van der Waals surface area contributed by atoms with Crippen molar-refractivity contribution in [1.82, 2.24) is 29.4 Å². The van der Waals surface area contributed by atoms with Crippen molar-refractivity contribution < 1.29 is 4.79 Å². The number of piperidine rings is 1. The normalized spacial score (nSPS) is 25.2. The second kappa shape index (κ2) is 6.12.